The Kier molecular flexibility index (Phi) is 4.43. The molecule has 1 aromatic heterocycles. The molecule has 0 atom stereocenters. The van der Waals surface area contributed by atoms with Crippen LogP contribution in [0.5, 0.6) is 5.75 Å². The van der Waals surface area contributed by atoms with Gasteiger partial charge in [0.15, 0.2) is 0 Å². The van der Waals surface area contributed by atoms with Crippen LogP contribution in [0.2, 0.25) is 0 Å². The molecule has 0 aliphatic carbocycles. The van der Waals surface area contributed by atoms with Gasteiger partial charge >= 0.3 is 6.18 Å². The van der Waals surface area contributed by atoms with E-state index in [4.69, 9.17) is 4.74 Å². The third kappa shape index (κ3) is 3.20. The summed E-state index contributed by atoms with van der Waals surface area (Å²) in [5, 5.41) is 0.981. The second-order valence-electron chi connectivity index (χ2n) is 7.23. The fraction of sp³-hybridized carbons (Fsp3) is 0.0800. The molecule has 3 aromatic carbocycles. The SMILES string of the molecule is COc1cccc2c1N=C/C2=C(/c1ccc(C(F)(F)F)cc1)c1c[nH]c2ccccc12. The van der Waals surface area contributed by atoms with Gasteiger partial charge in [0.05, 0.1) is 12.7 Å². The van der Waals surface area contributed by atoms with Crippen LogP contribution in [-0.4, -0.2) is 18.3 Å². The number of aliphatic imine (C=N–C) groups is 1. The fourth-order valence-corrected chi connectivity index (χ4v) is 4.00. The topological polar surface area (TPSA) is 37.4 Å². The third-order valence-corrected chi connectivity index (χ3v) is 5.46. The molecule has 4 aromatic rings. The standard InChI is InChI=1S/C25H17F3N2O/c1-31-22-8-4-6-18-20(14-30-24(18)22)23(15-9-11-16(12-10-15)25(26,27)28)19-13-29-21-7-3-2-5-17(19)21/h2-14,29H,1H3/b23-20+. The highest BCUT2D eigenvalue weighted by atomic mass is 19.4. The number of H-pyrrole nitrogens is 1. The number of hydrogen-bond acceptors (Lipinski definition) is 2. The second kappa shape index (κ2) is 7.16. The van der Waals surface area contributed by atoms with Crippen LogP contribution in [0, 0.1) is 0 Å². The zero-order chi connectivity index (χ0) is 21.6. The number of nitrogens with one attached hydrogen (secondary N) is 1. The average molecular weight is 418 g/mol. The molecule has 0 fully saturated rings. The number of aromatic amines is 1. The van der Waals surface area contributed by atoms with Crippen molar-refractivity contribution in [2.45, 2.75) is 6.18 Å². The first-order chi connectivity index (χ1) is 15.0. The molecule has 5 rings (SSSR count). The van der Waals surface area contributed by atoms with E-state index in [1.165, 1.54) is 12.1 Å². The van der Waals surface area contributed by atoms with Crippen molar-refractivity contribution in [3.63, 3.8) is 0 Å². The van der Waals surface area contributed by atoms with E-state index in [0.717, 1.165) is 45.3 Å². The van der Waals surface area contributed by atoms with E-state index in [9.17, 15) is 13.2 Å². The Bertz CT molecular complexity index is 1350. The van der Waals surface area contributed by atoms with Crippen molar-refractivity contribution >= 4 is 34.0 Å². The van der Waals surface area contributed by atoms with Crippen molar-refractivity contribution < 1.29 is 17.9 Å². The van der Waals surface area contributed by atoms with Gasteiger partial charge in [-0.1, -0.05) is 42.5 Å². The molecule has 0 saturated heterocycles. The quantitative estimate of drug-likeness (QED) is 0.387. The van der Waals surface area contributed by atoms with Gasteiger partial charge in [0.1, 0.15) is 11.4 Å². The predicted molar refractivity (Wildman–Crippen MR) is 117 cm³/mol. The molecule has 1 N–H and O–H groups in total. The lowest BCUT2D eigenvalue weighted by Crippen LogP contribution is -2.04. The van der Waals surface area contributed by atoms with Gasteiger partial charge in [-0.05, 0) is 29.8 Å². The molecule has 0 amide bonds. The van der Waals surface area contributed by atoms with E-state index in [1.54, 1.807) is 13.3 Å². The van der Waals surface area contributed by atoms with E-state index >= 15 is 0 Å². The summed E-state index contributed by atoms with van der Waals surface area (Å²) in [7, 11) is 1.59. The van der Waals surface area contributed by atoms with Gasteiger partial charge in [-0.15, -0.1) is 0 Å². The number of ether oxygens (including phenoxy) is 1. The van der Waals surface area contributed by atoms with Gasteiger partial charge in [-0.25, -0.2) is 0 Å². The number of methoxy groups -OCH3 is 1. The summed E-state index contributed by atoms with van der Waals surface area (Å²) < 4.78 is 44.8. The van der Waals surface area contributed by atoms with E-state index < -0.39 is 11.7 Å². The van der Waals surface area contributed by atoms with Crippen molar-refractivity contribution in [1.29, 1.82) is 0 Å². The van der Waals surface area contributed by atoms with Crippen LogP contribution in [0.3, 0.4) is 0 Å². The number of aromatic nitrogens is 1. The molecule has 3 nitrogen and oxygen atoms in total. The molecular formula is C25H17F3N2O. The van der Waals surface area contributed by atoms with Gasteiger partial charge in [0, 0.05) is 45.6 Å². The van der Waals surface area contributed by atoms with Crippen molar-refractivity contribution in [3.8, 4) is 5.75 Å². The Balaban J connectivity index is 1.79. The zero-order valence-electron chi connectivity index (χ0n) is 16.5. The lowest BCUT2D eigenvalue weighted by molar-refractivity contribution is -0.137. The molecule has 0 saturated carbocycles. The van der Waals surface area contributed by atoms with Crippen LogP contribution < -0.4 is 4.74 Å². The Morgan fingerprint density at radius 3 is 2.45 bits per heavy atom. The molecule has 0 bridgehead atoms. The summed E-state index contributed by atoms with van der Waals surface area (Å²) in [6.45, 7) is 0. The number of benzene rings is 3. The zero-order valence-corrected chi connectivity index (χ0v) is 16.5. The smallest absolute Gasteiger partial charge is 0.416 e. The fourth-order valence-electron chi connectivity index (χ4n) is 4.00. The molecule has 6 heteroatoms. The second-order valence-corrected chi connectivity index (χ2v) is 7.23. The molecule has 2 heterocycles. The molecule has 0 unspecified atom stereocenters. The molecule has 1 aliphatic rings. The first-order valence-corrected chi connectivity index (χ1v) is 9.67. The first-order valence-electron chi connectivity index (χ1n) is 9.67. The minimum Gasteiger partial charge on any atom is -0.494 e. The molecule has 1 aliphatic heterocycles. The minimum absolute atomic E-state index is 0.648. The maximum atomic E-state index is 13.1. The maximum Gasteiger partial charge on any atom is 0.416 e. The molecular weight excluding hydrogens is 401 g/mol. The van der Waals surface area contributed by atoms with Gasteiger partial charge in [0.2, 0.25) is 0 Å². The molecule has 31 heavy (non-hydrogen) atoms. The highest BCUT2D eigenvalue weighted by Crippen LogP contribution is 2.45. The van der Waals surface area contributed by atoms with Crippen molar-refractivity contribution in [3.05, 3.63) is 95.2 Å². The largest absolute Gasteiger partial charge is 0.494 e. The molecule has 0 radical (unpaired) electrons. The van der Waals surface area contributed by atoms with E-state index in [2.05, 4.69) is 9.98 Å². The van der Waals surface area contributed by atoms with E-state index in [1.807, 2.05) is 48.7 Å². The van der Waals surface area contributed by atoms with Gasteiger partial charge in [-0.2, -0.15) is 13.2 Å². The minimum atomic E-state index is -4.39. The van der Waals surface area contributed by atoms with Crippen LogP contribution in [0.15, 0.2) is 77.9 Å². The Hall–Kier alpha value is -3.80. The Morgan fingerprint density at radius 2 is 1.71 bits per heavy atom. The molecule has 154 valence electrons. The molecule has 0 spiro atoms. The van der Waals surface area contributed by atoms with Crippen molar-refractivity contribution in [1.82, 2.24) is 4.98 Å². The predicted octanol–water partition coefficient (Wildman–Crippen LogP) is 6.87. The average Bonchev–Trinajstić information content (AvgIpc) is 3.39. The first kappa shape index (κ1) is 19.2. The Labute approximate surface area is 176 Å². The number of fused-ring (bicyclic) bond motifs is 2. The summed E-state index contributed by atoms with van der Waals surface area (Å²) in [5.74, 6) is 0.648. The summed E-state index contributed by atoms with van der Waals surface area (Å²) in [4.78, 5) is 7.81. The summed E-state index contributed by atoms with van der Waals surface area (Å²) in [6, 6.07) is 18.7. The number of para-hydroxylation sites is 2. The van der Waals surface area contributed by atoms with Gasteiger partial charge in [0.25, 0.3) is 0 Å². The van der Waals surface area contributed by atoms with Gasteiger partial charge in [-0.3, -0.25) is 4.99 Å². The van der Waals surface area contributed by atoms with Crippen LogP contribution in [0.1, 0.15) is 22.3 Å². The normalized spacial score (nSPS) is 14.7. The monoisotopic (exact) mass is 418 g/mol. The van der Waals surface area contributed by atoms with Crippen LogP contribution in [0.4, 0.5) is 18.9 Å². The number of nitrogens with zero attached hydrogens (tertiary/aromatic N) is 1. The number of allylic oxidation sites excluding steroid dienone is 1. The van der Waals surface area contributed by atoms with Crippen LogP contribution in [-0.2, 0) is 6.18 Å². The summed E-state index contributed by atoms with van der Waals surface area (Å²) >= 11 is 0. The maximum absolute atomic E-state index is 13.1. The van der Waals surface area contributed by atoms with Gasteiger partial charge < -0.3 is 9.72 Å². The van der Waals surface area contributed by atoms with Crippen molar-refractivity contribution in [2.24, 2.45) is 4.99 Å². The van der Waals surface area contributed by atoms with E-state index in [-0.39, 0.29) is 0 Å². The van der Waals surface area contributed by atoms with Crippen molar-refractivity contribution in [2.75, 3.05) is 7.11 Å². The van der Waals surface area contributed by atoms with Crippen LogP contribution in [0.25, 0.3) is 22.0 Å². The summed E-state index contributed by atoms with van der Waals surface area (Å²) in [5.41, 5.74) is 5.07. The highest BCUT2D eigenvalue weighted by Gasteiger charge is 2.30. The third-order valence-electron chi connectivity index (χ3n) is 5.46. The summed E-state index contributed by atoms with van der Waals surface area (Å²) in [6.07, 6.45) is -0.750. The lowest BCUT2D eigenvalue weighted by Gasteiger charge is -2.14. The Morgan fingerprint density at radius 1 is 0.935 bits per heavy atom. The number of rotatable bonds is 3. The lowest BCUT2D eigenvalue weighted by atomic mass is 9.89. The number of halogens is 3. The highest BCUT2D eigenvalue weighted by molar-refractivity contribution is 6.28. The van der Waals surface area contributed by atoms with E-state index in [0.29, 0.717) is 17.0 Å². The number of hydrogen-bond donors (Lipinski definition) is 1. The number of alkyl halides is 3. The van der Waals surface area contributed by atoms with Crippen LogP contribution >= 0.6 is 0 Å².